The van der Waals surface area contributed by atoms with Gasteiger partial charge in [-0.15, -0.1) is 0 Å². The number of aromatic amines is 1. The highest BCUT2D eigenvalue weighted by Crippen LogP contribution is 2.22. The normalized spacial score (nSPS) is 15.2. The number of benzene rings is 1. The Morgan fingerprint density at radius 3 is 3.00 bits per heavy atom. The van der Waals surface area contributed by atoms with E-state index in [0.29, 0.717) is 40.6 Å². The number of halogens is 1. The fourth-order valence-electron chi connectivity index (χ4n) is 2.74. The molecule has 120 valence electrons. The molecule has 1 amide bonds. The summed E-state index contributed by atoms with van der Waals surface area (Å²) in [6.07, 6.45) is -0.857. The van der Waals surface area contributed by atoms with Crippen LogP contribution in [0.2, 0.25) is 5.02 Å². The molecular formula is C16H16ClN3O3. The average Bonchev–Trinajstić information content (AvgIpc) is 2.52. The van der Waals surface area contributed by atoms with E-state index in [1.807, 2.05) is 0 Å². The van der Waals surface area contributed by atoms with Crippen LogP contribution in [-0.4, -0.2) is 32.4 Å². The first-order valence-corrected chi connectivity index (χ1v) is 7.64. The number of carbonyl (C=O) groups is 1. The average molecular weight is 334 g/mol. The quantitative estimate of drug-likeness (QED) is 0.868. The monoisotopic (exact) mass is 333 g/mol. The van der Waals surface area contributed by atoms with Gasteiger partial charge in [0.25, 0.3) is 11.5 Å². The highest BCUT2D eigenvalue weighted by molar-refractivity contribution is 6.30. The van der Waals surface area contributed by atoms with E-state index in [0.717, 1.165) is 0 Å². The van der Waals surface area contributed by atoms with Crippen molar-refractivity contribution >= 4 is 17.5 Å². The summed E-state index contributed by atoms with van der Waals surface area (Å²) in [6.45, 7) is 2.29. The predicted molar refractivity (Wildman–Crippen MR) is 85.1 cm³/mol. The Morgan fingerprint density at radius 1 is 1.48 bits per heavy atom. The predicted octanol–water partition coefficient (Wildman–Crippen LogP) is 1.35. The number of rotatable bonds is 2. The van der Waals surface area contributed by atoms with Gasteiger partial charge in [0.1, 0.15) is 5.82 Å². The molecule has 0 spiro atoms. The molecule has 3 rings (SSSR count). The van der Waals surface area contributed by atoms with Gasteiger partial charge in [-0.2, -0.15) is 0 Å². The summed E-state index contributed by atoms with van der Waals surface area (Å²) in [5.41, 5.74) is 1.49. The molecule has 2 heterocycles. The van der Waals surface area contributed by atoms with E-state index in [-0.39, 0.29) is 12.1 Å². The summed E-state index contributed by atoms with van der Waals surface area (Å²) in [5, 5.41) is 10.7. The van der Waals surface area contributed by atoms with E-state index >= 15 is 0 Å². The smallest absolute Gasteiger partial charge is 0.256 e. The van der Waals surface area contributed by atoms with Crippen LogP contribution in [0.4, 0.5) is 0 Å². The van der Waals surface area contributed by atoms with E-state index in [1.165, 1.54) is 4.90 Å². The number of nitrogens with zero attached hydrogens (tertiary/aromatic N) is 2. The van der Waals surface area contributed by atoms with Crippen LogP contribution >= 0.6 is 11.6 Å². The van der Waals surface area contributed by atoms with Crippen molar-refractivity contribution in [2.45, 2.75) is 26.0 Å². The summed E-state index contributed by atoms with van der Waals surface area (Å²) < 4.78 is 0. The molecule has 1 aliphatic heterocycles. The van der Waals surface area contributed by atoms with E-state index in [2.05, 4.69) is 9.97 Å². The molecule has 0 saturated heterocycles. The molecule has 1 aliphatic rings. The van der Waals surface area contributed by atoms with Crippen molar-refractivity contribution in [3.05, 3.63) is 62.3 Å². The number of aryl methyl sites for hydroxylation is 1. The Kier molecular flexibility index (Phi) is 4.19. The fraction of sp³-hybridized carbons (Fsp3) is 0.312. The maximum atomic E-state index is 12.5. The zero-order valence-corrected chi connectivity index (χ0v) is 13.3. The van der Waals surface area contributed by atoms with Gasteiger partial charge in [-0.1, -0.05) is 23.7 Å². The van der Waals surface area contributed by atoms with Gasteiger partial charge in [-0.25, -0.2) is 4.98 Å². The van der Waals surface area contributed by atoms with Gasteiger partial charge < -0.3 is 15.0 Å². The van der Waals surface area contributed by atoms with E-state index in [1.54, 1.807) is 31.2 Å². The molecule has 1 aromatic heterocycles. The second kappa shape index (κ2) is 6.14. The van der Waals surface area contributed by atoms with Gasteiger partial charge in [0.05, 0.1) is 12.2 Å². The molecule has 0 aliphatic carbocycles. The lowest BCUT2D eigenvalue weighted by Crippen LogP contribution is -2.41. The number of aromatic nitrogens is 2. The van der Waals surface area contributed by atoms with Crippen molar-refractivity contribution in [1.29, 1.82) is 0 Å². The largest absolute Gasteiger partial charge is 0.378 e. The second-order valence-corrected chi connectivity index (χ2v) is 5.98. The van der Waals surface area contributed by atoms with Crippen molar-refractivity contribution < 1.29 is 9.90 Å². The fourth-order valence-corrected chi connectivity index (χ4v) is 2.94. The Hall–Kier alpha value is -2.18. The number of nitrogens with one attached hydrogen (secondary N) is 1. The van der Waals surface area contributed by atoms with Crippen molar-refractivity contribution in [3.63, 3.8) is 0 Å². The van der Waals surface area contributed by atoms with Crippen LogP contribution in [-0.2, 0) is 17.8 Å². The summed E-state index contributed by atoms with van der Waals surface area (Å²) in [6, 6.07) is 6.58. The minimum atomic E-state index is -1.28. The third-order valence-corrected chi connectivity index (χ3v) is 4.14. The molecule has 23 heavy (non-hydrogen) atoms. The molecule has 0 saturated carbocycles. The van der Waals surface area contributed by atoms with Crippen LogP contribution < -0.4 is 5.56 Å². The van der Waals surface area contributed by atoms with Gasteiger partial charge in [0, 0.05) is 17.1 Å². The van der Waals surface area contributed by atoms with Gasteiger partial charge in [-0.3, -0.25) is 9.59 Å². The van der Waals surface area contributed by atoms with Gasteiger partial charge >= 0.3 is 0 Å². The van der Waals surface area contributed by atoms with Crippen LogP contribution in [0.5, 0.6) is 0 Å². The molecule has 7 heteroatoms. The van der Waals surface area contributed by atoms with Gasteiger partial charge in [0.2, 0.25) is 0 Å². The lowest BCUT2D eigenvalue weighted by atomic mass is 10.0. The molecule has 1 atom stereocenters. The third-order valence-electron chi connectivity index (χ3n) is 3.90. The van der Waals surface area contributed by atoms with Gasteiger partial charge in [0.15, 0.2) is 6.10 Å². The van der Waals surface area contributed by atoms with Gasteiger partial charge in [-0.05, 0) is 31.0 Å². The molecule has 0 unspecified atom stereocenters. The maximum Gasteiger partial charge on any atom is 0.256 e. The highest BCUT2D eigenvalue weighted by Gasteiger charge is 2.28. The number of H-pyrrole nitrogens is 1. The summed E-state index contributed by atoms with van der Waals surface area (Å²) >= 11 is 5.90. The lowest BCUT2D eigenvalue weighted by Gasteiger charge is -2.29. The number of hydrogen-bond donors (Lipinski definition) is 2. The topological polar surface area (TPSA) is 86.3 Å². The molecule has 6 nitrogen and oxygen atoms in total. The molecular weight excluding hydrogens is 318 g/mol. The summed E-state index contributed by atoms with van der Waals surface area (Å²) in [5.74, 6) is 0.0936. The number of amides is 1. The minimum absolute atomic E-state index is 0.157. The molecule has 0 radical (unpaired) electrons. The summed E-state index contributed by atoms with van der Waals surface area (Å²) in [4.78, 5) is 32.9. The third kappa shape index (κ3) is 3.13. The first kappa shape index (κ1) is 15.7. The van der Waals surface area contributed by atoms with Crippen molar-refractivity contribution in [3.8, 4) is 0 Å². The number of aliphatic hydroxyl groups excluding tert-OH is 1. The second-order valence-electron chi connectivity index (χ2n) is 5.54. The highest BCUT2D eigenvalue weighted by atomic mass is 35.5. The number of aliphatic hydroxyl groups is 1. The van der Waals surface area contributed by atoms with E-state index in [4.69, 9.17) is 11.6 Å². The Labute approximate surface area is 137 Å². The van der Waals surface area contributed by atoms with Crippen LogP contribution in [0.1, 0.15) is 28.7 Å². The van der Waals surface area contributed by atoms with Crippen LogP contribution in [0.15, 0.2) is 29.1 Å². The SMILES string of the molecule is Cc1nc2c(c(=O)[nH]1)CCN(C(=O)[C@@H](O)c1cccc(Cl)c1)C2. The van der Waals surface area contributed by atoms with Crippen molar-refractivity contribution in [2.24, 2.45) is 0 Å². The zero-order valence-electron chi connectivity index (χ0n) is 12.5. The maximum absolute atomic E-state index is 12.5. The number of carbonyl (C=O) groups excluding carboxylic acids is 1. The number of fused-ring (bicyclic) bond motifs is 1. The first-order valence-electron chi connectivity index (χ1n) is 7.26. The molecule has 0 fully saturated rings. The van der Waals surface area contributed by atoms with Crippen LogP contribution in [0.3, 0.4) is 0 Å². The lowest BCUT2D eigenvalue weighted by molar-refractivity contribution is -0.141. The standard InChI is InChI=1S/C16H16ClN3O3/c1-9-18-13-8-20(6-5-12(13)15(22)19-9)16(23)14(21)10-3-2-4-11(17)7-10/h2-4,7,14,21H,5-6,8H2,1H3,(H,18,19,22)/t14-/m0/s1. The van der Waals surface area contributed by atoms with E-state index in [9.17, 15) is 14.7 Å². The van der Waals surface area contributed by atoms with Crippen LogP contribution in [0.25, 0.3) is 0 Å². The molecule has 1 aromatic carbocycles. The van der Waals surface area contributed by atoms with Crippen molar-refractivity contribution in [2.75, 3.05) is 6.54 Å². The Balaban J connectivity index is 1.83. The minimum Gasteiger partial charge on any atom is -0.378 e. The van der Waals surface area contributed by atoms with E-state index < -0.39 is 12.0 Å². The Morgan fingerprint density at radius 2 is 2.26 bits per heavy atom. The molecule has 2 N–H and O–H groups in total. The molecule has 0 bridgehead atoms. The number of hydrogen-bond acceptors (Lipinski definition) is 4. The van der Waals surface area contributed by atoms with Crippen LogP contribution in [0, 0.1) is 6.92 Å². The summed E-state index contributed by atoms with van der Waals surface area (Å²) in [7, 11) is 0. The Bertz CT molecular complexity index is 818. The zero-order chi connectivity index (χ0) is 16.6. The van der Waals surface area contributed by atoms with Crippen molar-refractivity contribution in [1.82, 2.24) is 14.9 Å². The molecule has 2 aromatic rings. The first-order chi connectivity index (χ1) is 11.0.